The second kappa shape index (κ2) is 4.97. The lowest BCUT2D eigenvalue weighted by atomic mass is 10.2. The fraction of sp³-hybridized carbons (Fsp3) is 0.600. The Kier molecular flexibility index (Phi) is 3.55. The van der Waals surface area contributed by atoms with Gasteiger partial charge in [0.1, 0.15) is 5.82 Å². The molecule has 8 heteroatoms. The Hall–Kier alpha value is -1.57. The Morgan fingerprint density at radius 1 is 1.50 bits per heavy atom. The highest BCUT2D eigenvalue weighted by Gasteiger charge is 2.25. The Morgan fingerprint density at radius 3 is 2.67 bits per heavy atom. The van der Waals surface area contributed by atoms with Crippen LogP contribution in [-0.4, -0.2) is 49.6 Å². The van der Waals surface area contributed by atoms with Gasteiger partial charge < -0.3 is 15.8 Å². The van der Waals surface area contributed by atoms with Crippen molar-refractivity contribution in [3.63, 3.8) is 0 Å². The van der Waals surface area contributed by atoms with Gasteiger partial charge in [-0.1, -0.05) is 5.16 Å². The molecule has 1 aromatic heterocycles. The molecule has 7 nitrogen and oxygen atoms in total. The molecule has 100 valence electrons. The third-order valence-corrected chi connectivity index (χ3v) is 4.31. The number of amidine groups is 1. The van der Waals surface area contributed by atoms with Gasteiger partial charge in [0.25, 0.3) is 0 Å². The van der Waals surface area contributed by atoms with Crippen molar-refractivity contribution in [2.75, 3.05) is 29.5 Å². The standard InChI is InChI=1S/C10H17N5O2S/c1-7-8(9(11)13-16)10(14(2)12-7)15-3-5-18(17)6-4-15/h16H,3-6H2,1-2H3,(H2,11,13). The van der Waals surface area contributed by atoms with Gasteiger partial charge in [0.05, 0.1) is 11.3 Å². The molecule has 0 bridgehead atoms. The molecule has 0 radical (unpaired) electrons. The highest BCUT2D eigenvalue weighted by molar-refractivity contribution is 7.85. The molecule has 18 heavy (non-hydrogen) atoms. The molecule has 0 saturated carbocycles. The summed E-state index contributed by atoms with van der Waals surface area (Å²) in [5.41, 5.74) is 7.07. The lowest BCUT2D eigenvalue weighted by Gasteiger charge is -2.28. The SMILES string of the molecule is Cc1nn(C)c(N2CCS(=O)CC2)c1C(N)=NO. The number of aryl methyl sites for hydroxylation is 2. The van der Waals surface area contributed by atoms with E-state index in [-0.39, 0.29) is 5.84 Å². The van der Waals surface area contributed by atoms with Crippen LogP contribution >= 0.6 is 0 Å². The molecule has 0 spiro atoms. The van der Waals surface area contributed by atoms with E-state index in [2.05, 4.69) is 15.2 Å². The van der Waals surface area contributed by atoms with E-state index in [1.807, 2.05) is 14.0 Å². The molecule has 1 saturated heterocycles. The van der Waals surface area contributed by atoms with Crippen molar-refractivity contribution < 1.29 is 9.42 Å². The zero-order valence-electron chi connectivity index (χ0n) is 10.5. The second-order valence-electron chi connectivity index (χ2n) is 4.23. The minimum atomic E-state index is -0.736. The summed E-state index contributed by atoms with van der Waals surface area (Å²) in [5.74, 6) is 2.15. The Balaban J connectivity index is 2.40. The number of hydrogen-bond donors (Lipinski definition) is 2. The van der Waals surface area contributed by atoms with Gasteiger partial charge in [-0.15, -0.1) is 0 Å². The number of rotatable bonds is 2. The van der Waals surface area contributed by atoms with Crippen molar-refractivity contribution in [3.8, 4) is 0 Å². The predicted octanol–water partition coefficient (Wildman–Crippen LogP) is -0.608. The predicted molar refractivity (Wildman–Crippen MR) is 70.5 cm³/mol. The third kappa shape index (κ3) is 2.20. The number of oxime groups is 1. The summed E-state index contributed by atoms with van der Waals surface area (Å²) in [5, 5.41) is 16.2. The van der Waals surface area contributed by atoms with Crippen LogP contribution in [0, 0.1) is 6.92 Å². The van der Waals surface area contributed by atoms with E-state index in [1.54, 1.807) is 4.68 Å². The van der Waals surface area contributed by atoms with E-state index in [4.69, 9.17) is 10.9 Å². The summed E-state index contributed by atoms with van der Waals surface area (Å²) >= 11 is 0. The third-order valence-electron chi connectivity index (χ3n) is 3.03. The maximum Gasteiger partial charge on any atom is 0.175 e. The first-order valence-electron chi connectivity index (χ1n) is 5.66. The monoisotopic (exact) mass is 271 g/mol. The summed E-state index contributed by atoms with van der Waals surface area (Å²) in [6.07, 6.45) is 0. The molecular formula is C10H17N5O2S. The average molecular weight is 271 g/mol. The van der Waals surface area contributed by atoms with Gasteiger partial charge in [-0.3, -0.25) is 8.89 Å². The van der Waals surface area contributed by atoms with Crippen LogP contribution in [-0.2, 0) is 17.8 Å². The molecular weight excluding hydrogens is 254 g/mol. The van der Waals surface area contributed by atoms with Gasteiger partial charge in [0.2, 0.25) is 0 Å². The number of anilines is 1. The maximum absolute atomic E-state index is 11.4. The minimum absolute atomic E-state index is 0.0577. The van der Waals surface area contributed by atoms with Crippen LogP contribution < -0.4 is 10.6 Å². The highest BCUT2D eigenvalue weighted by Crippen LogP contribution is 2.24. The first-order valence-corrected chi connectivity index (χ1v) is 7.14. The van der Waals surface area contributed by atoms with Crippen molar-refractivity contribution in [1.29, 1.82) is 0 Å². The molecule has 1 aliphatic heterocycles. The molecule has 1 fully saturated rings. The van der Waals surface area contributed by atoms with Crippen molar-refractivity contribution in [3.05, 3.63) is 11.3 Å². The molecule has 0 aromatic carbocycles. The van der Waals surface area contributed by atoms with E-state index in [0.717, 1.165) is 11.5 Å². The molecule has 2 heterocycles. The van der Waals surface area contributed by atoms with Gasteiger partial charge in [-0.25, -0.2) is 0 Å². The second-order valence-corrected chi connectivity index (χ2v) is 5.92. The largest absolute Gasteiger partial charge is 0.409 e. The number of aromatic nitrogens is 2. The van der Waals surface area contributed by atoms with Crippen LogP contribution in [0.1, 0.15) is 11.3 Å². The molecule has 3 N–H and O–H groups in total. The number of nitrogens with zero attached hydrogens (tertiary/aromatic N) is 4. The fourth-order valence-corrected chi connectivity index (χ4v) is 3.26. The molecule has 0 atom stereocenters. The van der Waals surface area contributed by atoms with Crippen molar-refractivity contribution >= 4 is 22.5 Å². The van der Waals surface area contributed by atoms with Crippen LogP contribution in [0.15, 0.2) is 5.16 Å². The smallest absolute Gasteiger partial charge is 0.175 e. The molecule has 1 aromatic rings. The molecule has 1 aliphatic rings. The molecule has 0 unspecified atom stereocenters. The molecule has 2 rings (SSSR count). The topological polar surface area (TPSA) is 96.7 Å². The van der Waals surface area contributed by atoms with E-state index in [9.17, 15) is 4.21 Å². The van der Waals surface area contributed by atoms with Crippen LogP contribution in [0.4, 0.5) is 5.82 Å². The molecule has 0 aliphatic carbocycles. The lowest BCUT2D eigenvalue weighted by molar-refractivity contribution is 0.318. The molecule has 0 amide bonds. The van der Waals surface area contributed by atoms with E-state index in [1.165, 1.54) is 0 Å². The van der Waals surface area contributed by atoms with Gasteiger partial charge >= 0.3 is 0 Å². The number of hydrogen-bond acceptors (Lipinski definition) is 5. The maximum atomic E-state index is 11.4. The van der Waals surface area contributed by atoms with E-state index in [0.29, 0.717) is 30.2 Å². The zero-order valence-corrected chi connectivity index (χ0v) is 11.3. The quantitative estimate of drug-likeness (QED) is 0.324. The fourth-order valence-electron chi connectivity index (χ4n) is 2.21. The minimum Gasteiger partial charge on any atom is -0.409 e. The zero-order chi connectivity index (χ0) is 13.3. The van der Waals surface area contributed by atoms with Crippen LogP contribution in [0.2, 0.25) is 0 Å². The van der Waals surface area contributed by atoms with Crippen molar-refractivity contribution in [2.45, 2.75) is 6.92 Å². The highest BCUT2D eigenvalue weighted by atomic mass is 32.2. The lowest BCUT2D eigenvalue weighted by Crippen LogP contribution is -2.39. The van der Waals surface area contributed by atoms with Gasteiger partial charge in [0, 0.05) is 42.4 Å². The Morgan fingerprint density at radius 2 is 2.11 bits per heavy atom. The van der Waals surface area contributed by atoms with Crippen molar-refractivity contribution in [1.82, 2.24) is 9.78 Å². The van der Waals surface area contributed by atoms with E-state index >= 15 is 0 Å². The van der Waals surface area contributed by atoms with Crippen LogP contribution in [0.3, 0.4) is 0 Å². The summed E-state index contributed by atoms with van der Waals surface area (Å²) in [6, 6.07) is 0. The average Bonchev–Trinajstić information content (AvgIpc) is 2.64. The Labute approximate surface area is 108 Å². The number of nitrogens with two attached hydrogens (primary N) is 1. The summed E-state index contributed by atoms with van der Waals surface area (Å²) in [7, 11) is 1.09. The first-order chi connectivity index (χ1) is 8.54. The van der Waals surface area contributed by atoms with Gasteiger partial charge in [-0.2, -0.15) is 5.10 Å². The summed E-state index contributed by atoms with van der Waals surface area (Å²) < 4.78 is 13.1. The summed E-state index contributed by atoms with van der Waals surface area (Å²) in [4.78, 5) is 2.08. The van der Waals surface area contributed by atoms with Crippen molar-refractivity contribution in [2.24, 2.45) is 17.9 Å². The van der Waals surface area contributed by atoms with Crippen LogP contribution in [0.25, 0.3) is 0 Å². The Bertz CT molecular complexity index is 501. The van der Waals surface area contributed by atoms with Gasteiger partial charge in [-0.05, 0) is 6.92 Å². The normalized spacial score (nSPS) is 18.3. The first kappa shape index (κ1) is 12.9. The van der Waals surface area contributed by atoms with Crippen LogP contribution in [0.5, 0.6) is 0 Å². The van der Waals surface area contributed by atoms with E-state index < -0.39 is 10.8 Å². The van der Waals surface area contributed by atoms with Gasteiger partial charge in [0.15, 0.2) is 5.84 Å². The summed E-state index contributed by atoms with van der Waals surface area (Å²) in [6.45, 7) is 3.20.